The molecule has 1 amide bonds. The monoisotopic (exact) mass is 289 g/mol. The largest absolute Gasteiger partial charge is 0.369 e. The van der Waals surface area contributed by atoms with Gasteiger partial charge >= 0.3 is 0 Å². The van der Waals surface area contributed by atoms with E-state index in [0.717, 1.165) is 32.4 Å². The Morgan fingerprint density at radius 2 is 2.10 bits per heavy atom. The number of carbonyl (C=O) groups is 1. The van der Waals surface area contributed by atoms with E-state index < -0.39 is 0 Å². The third-order valence-electron chi connectivity index (χ3n) is 4.32. The van der Waals surface area contributed by atoms with E-state index in [1.54, 1.807) is 0 Å². The van der Waals surface area contributed by atoms with E-state index in [2.05, 4.69) is 22.3 Å². The summed E-state index contributed by atoms with van der Waals surface area (Å²) in [6.07, 6.45) is 2.38. The molecule has 5 heteroatoms. The maximum absolute atomic E-state index is 12.2. The van der Waals surface area contributed by atoms with Gasteiger partial charge in [0.2, 0.25) is 5.91 Å². The summed E-state index contributed by atoms with van der Waals surface area (Å²) in [5, 5.41) is 3.12. The Labute approximate surface area is 125 Å². The lowest BCUT2D eigenvalue weighted by molar-refractivity contribution is -0.132. The molecule has 0 radical (unpaired) electrons. The van der Waals surface area contributed by atoms with E-state index in [1.165, 1.54) is 5.69 Å². The SMILES string of the molecule is NC[C@H]1CC[C@@H](C(=O)NC2CCN(c3ccccc3)C2)O1. The number of hydrogen-bond donors (Lipinski definition) is 2. The van der Waals surface area contributed by atoms with Crippen LogP contribution in [0.25, 0.3) is 0 Å². The lowest BCUT2D eigenvalue weighted by Crippen LogP contribution is -2.43. The molecule has 1 aromatic carbocycles. The summed E-state index contributed by atoms with van der Waals surface area (Å²) in [5.74, 6) is 0.0193. The highest BCUT2D eigenvalue weighted by Gasteiger charge is 2.32. The van der Waals surface area contributed by atoms with Crippen LogP contribution in [0.15, 0.2) is 30.3 Å². The Morgan fingerprint density at radius 1 is 1.29 bits per heavy atom. The highest BCUT2D eigenvalue weighted by atomic mass is 16.5. The Hall–Kier alpha value is -1.59. The van der Waals surface area contributed by atoms with Gasteiger partial charge in [-0.1, -0.05) is 18.2 Å². The molecule has 0 bridgehead atoms. The fourth-order valence-corrected chi connectivity index (χ4v) is 3.12. The summed E-state index contributed by atoms with van der Waals surface area (Å²) in [5.41, 5.74) is 6.80. The van der Waals surface area contributed by atoms with Gasteiger partial charge in [0.1, 0.15) is 6.10 Å². The van der Waals surface area contributed by atoms with Crippen LogP contribution in [-0.2, 0) is 9.53 Å². The fourth-order valence-electron chi connectivity index (χ4n) is 3.12. The van der Waals surface area contributed by atoms with Crippen LogP contribution in [0.1, 0.15) is 19.3 Å². The summed E-state index contributed by atoms with van der Waals surface area (Å²) < 4.78 is 5.64. The molecular weight excluding hydrogens is 266 g/mol. The normalized spacial score (nSPS) is 28.8. The average molecular weight is 289 g/mol. The van der Waals surface area contributed by atoms with Crippen LogP contribution in [0, 0.1) is 0 Å². The third kappa shape index (κ3) is 3.36. The molecule has 3 rings (SSSR count). The van der Waals surface area contributed by atoms with Crippen molar-refractivity contribution >= 4 is 11.6 Å². The van der Waals surface area contributed by atoms with Crippen LogP contribution in [0.4, 0.5) is 5.69 Å². The van der Waals surface area contributed by atoms with E-state index in [-0.39, 0.29) is 24.2 Å². The number of nitrogens with zero attached hydrogens (tertiary/aromatic N) is 1. The van der Waals surface area contributed by atoms with Gasteiger partial charge < -0.3 is 20.7 Å². The molecule has 2 saturated heterocycles. The zero-order chi connectivity index (χ0) is 14.7. The maximum Gasteiger partial charge on any atom is 0.249 e. The molecule has 2 heterocycles. The molecule has 2 fully saturated rings. The third-order valence-corrected chi connectivity index (χ3v) is 4.32. The van der Waals surface area contributed by atoms with Gasteiger partial charge in [-0.25, -0.2) is 0 Å². The summed E-state index contributed by atoms with van der Waals surface area (Å²) in [6, 6.07) is 10.5. The molecule has 0 aliphatic carbocycles. The molecule has 114 valence electrons. The van der Waals surface area contributed by atoms with E-state index in [4.69, 9.17) is 10.5 Å². The van der Waals surface area contributed by atoms with Crippen molar-refractivity contribution in [3.63, 3.8) is 0 Å². The average Bonchev–Trinajstić information content (AvgIpc) is 3.17. The quantitative estimate of drug-likeness (QED) is 0.864. The predicted octanol–water partition coefficient (Wildman–Crippen LogP) is 0.888. The van der Waals surface area contributed by atoms with Crippen LogP contribution in [0.3, 0.4) is 0 Å². The predicted molar refractivity (Wildman–Crippen MR) is 82.2 cm³/mol. The number of benzene rings is 1. The second kappa shape index (κ2) is 6.45. The minimum Gasteiger partial charge on any atom is -0.369 e. The van der Waals surface area contributed by atoms with Gasteiger partial charge in [-0.2, -0.15) is 0 Å². The number of carbonyl (C=O) groups excluding carboxylic acids is 1. The van der Waals surface area contributed by atoms with Crippen molar-refractivity contribution in [1.29, 1.82) is 0 Å². The Balaban J connectivity index is 1.50. The number of para-hydroxylation sites is 1. The van der Waals surface area contributed by atoms with Gasteiger partial charge in [0.05, 0.1) is 6.10 Å². The van der Waals surface area contributed by atoms with E-state index >= 15 is 0 Å². The van der Waals surface area contributed by atoms with Crippen molar-refractivity contribution in [2.45, 2.75) is 37.5 Å². The highest BCUT2D eigenvalue weighted by molar-refractivity contribution is 5.81. The molecule has 21 heavy (non-hydrogen) atoms. The van der Waals surface area contributed by atoms with Crippen molar-refractivity contribution < 1.29 is 9.53 Å². The second-order valence-corrected chi connectivity index (χ2v) is 5.84. The number of ether oxygens (including phenoxy) is 1. The van der Waals surface area contributed by atoms with Crippen LogP contribution in [-0.4, -0.2) is 43.8 Å². The van der Waals surface area contributed by atoms with Crippen molar-refractivity contribution in [2.75, 3.05) is 24.5 Å². The molecule has 3 atom stereocenters. The molecule has 1 aromatic rings. The first kappa shape index (κ1) is 14.4. The number of amides is 1. The molecule has 2 aliphatic rings. The second-order valence-electron chi connectivity index (χ2n) is 5.84. The Bertz CT molecular complexity index is 480. The van der Waals surface area contributed by atoms with E-state index in [0.29, 0.717) is 6.54 Å². The first-order valence-electron chi connectivity index (χ1n) is 7.72. The zero-order valence-electron chi connectivity index (χ0n) is 12.2. The van der Waals surface area contributed by atoms with Crippen molar-refractivity contribution in [1.82, 2.24) is 5.32 Å². The van der Waals surface area contributed by atoms with Crippen molar-refractivity contribution in [3.05, 3.63) is 30.3 Å². The highest BCUT2D eigenvalue weighted by Crippen LogP contribution is 2.22. The van der Waals surface area contributed by atoms with E-state index in [1.807, 2.05) is 18.2 Å². The molecule has 5 nitrogen and oxygen atoms in total. The van der Waals surface area contributed by atoms with Gasteiger partial charge in [-0.05, 0) is 31.4 Å². The molecular formula is C16H23N3O2. The van der Waals surface area contributed by atoms with Crippen LogP contribution >= 0.6 is 0 Å². The summed E-state index contributed by atoms with van der Waals surface area (Å²) in [6.45, 7) is 2.34. The smallest absolute Gasteiger partial charge is 0.249 e. The van der Waals surface area contributed by atoms with Crippen LogP contribution in [0.2, 0.25) is 0 Å². The maximum atomic E-state index is 12.2. The molecule has 1 unspecified atom stereocenters. The van der Waals surface area contributed by atoms with Gasteiger partial charge in [0.25, 0.3) is 0 Å². The van der Waals surface area contributed by atoms with Crippen LogP contribution in [0.5, 0.6) is 0 Å². The number of rotatable bonds is 4. The summed E-state index contributed by atoms with van der Waals surface area (Å²) in [7, 11) is 0. The Morgan fingerprint density at radius 3 is 2.81 bits per heavy atom. The Kier molecular flexibility index (Phi) is 4.41. The van der Waals surface area contributed by atoms with Gasteiger partial charge in [-0.15, -0.1) is 0 Å². The molecule has 0 aromatic heterocycles. The first-order valence-corrected chi connectivity index (χ1v) is 7.72. The number of hydrogen-bond acceptors (Lipinski definition) is 4. The minimum atomic E-state index is -0.315. The van der Waals surface area contributed by atoms with Crippen molar-refractivity contribution in [3.8, 4) is 0 Å². The van der Waals surface area contributed by atoms with Gasteiger partial charge in [0.15, 0.2) is 0 Å². The standard InChI is InChI=1S/C16H23N3O2/c17-10-14-6-7-15(21-14)16(20)18-12-8-9-19(11-12)13-4-2-1-3-5-13/h1-5,12,14-15H,6-11,17H2,(H,18,20)/t12?,14-,15+/m1/s1. The van der Waals surface area contributed by atoms with E-state index in [9.17, 15) is 4.79 Å². The minimum absolute atomic E-state index is 0.0193. The molecule has 2 aliphatic heterocycles. The first-order chi connectivity index (χ1) is 10.3. The summed E-state index contributed by atoms with van der Waals surface area (Å²) in [4.78, 5) is 14.5. The molecule has 0 saturated carbocycles. The number of nitrogens with one attached hydrogen (secondary N) is 1. The van der Waals surface area contributed by atoms with Crippen LogP contribution < -0.4 is 16.0 Å². The zero-order valence-corrected chi connectivity index (χ0v) is 12.2. The molecule has 3 N–H and O–H groups in total. The lowest BCUT2D eigenvalue weighted by atomic mass is 10.1. The van der Waals surface area contributed by atoms with Crippen molar-refractivity contribution in [2.24, 2.45) is 5.73 Å². The topological polar surface area (TPSA) is 67.6 Å². The van der Waals surface area contributed by atoms with Gasteiger partial charge in [-0.3, -0.25) is 4.79 Å². The van der Waals surface area contributed by atoms with Gasteiger partial charge in [0, 0.05) is 31.4 Å². The number of anilines is 1. The number of nitrogens with two attached hydrogens (primary N) is 1. The summed E-state index contributed by atoms with van der Waals surface area (Å²) >= 11 is 0. The lowest BCUT2D eigenvalue weighted by Gasteiger charge is -2.20. The molecule has 0 spiro atoms. The fraction of sp³-hybridized carbons (Fsp3) is 0.562.